The fourth-order valence-electron chi connectivity index (χ4n) is 2.88. The molecule has 0 amide bonds. The second-order valence-corrected chi connectivity index (χ2v) is 7.13. The van der Waals surface area contributed by atoms with Crippen molar-refractivity contribution in [3.05, 3.63) is 89.4 Å². The lowest BCUT2D eigenvalue weighted by atomic mass is 10.1. The van der Waals surface area contributed by atoms with Gasteiger partial charge in [-0.2, -0.15) is 0 Å². The van der Waals surface area contributed by atoms with E-state index >= 15 is 0 Å². The number of hydrogen-bond acceptors (Lipinski definition) is 3. The van der Waals surface area contributed by atoms with Gasteiger partial charge in [-0.3, -0.25) is 0 Å². The highest BCUT2D eigenvalue weighted by atomic mass is 35.5. The summed E-state index contributed by atoms with van der Waals surface area (Å²) in [7, 11) is 0. The van der Waals surface area contributed by atoms with Crippen LogP contribution in [0.1, 0.15) is 18.9 Å². The Kier molecular flexibility index (Phi) is 7.62. The predicted octanol–water partition coefficient (Wildman–Crippen LogP) is 6.23. The monoisotopic (exact) mass is 395 g/mol. The zero-order valence-corrected chi connectivity index (χ0v) is 16.9. The molecule has 1 N–H and O–H groups in total. The van der Waals surface area contributed by atoms with Gasteiger partial charge in [-0.1, -0.05) is 54.1 Å². The normalized spacial score (nSPS) is 11.6. The highest BCUT2D eigenvalue weighted by Crippen LogP contribution is 2.24. The summed E-state index contributed by atoms with van der Waals surface area (Å²) >= 11 is 5.91. The van der Waals surface area contributed by atoms with E-state index in [0.29, 0.717) is 18.2 Å². The van der Waals surface area contributed by atoms with E-state index < -0.39 is 0 Å². The Hall–Kier alpha value is -2.65. The second kappa shape index (κ2) is 10.6. The number of rotatable bonds is 10. The molecule has 28 heavy (non-hydrogen) atoms. The van der Waals surface area contributed by atoms with E-state index in [1.54, 1.807) is 0 Å². The number of nitrogens with one attached hydrogen (secondary N) is 1. The topological polar surface area (TPSA) is 30.5 Å². The van der Waals surface area contributed by atoms with Crippen molar-refractivity contribution >= 4 is 17.3 Å². The first-order valence-corrected chi connectivity index (χ1v) is 10.0. The molecule has 146 valence electrons. The van der Waals surface area contributed by atoms with Gasteiger partial charge in [-0.25, -0.2) is 0 Å². The molecule has 0 aromatic heterocycles. The van der Waals surface area contributed by atoms with Crippen LogP contribution in [0.3, 0.4) is 0 Å². The molecule has 0 heterocycles. The van der Waals surface area contributed by atoms with Crippen LogP contribution in [0.2, 0.25) is 5.02 Å². The van der Waals surface area contributed by atoms with Crippen LogP contribution in [-0.2, 0) is 6.42 Å². The number of ether oxygens (including phenoxy) is 2. The van der Waals surface area contributed by atoms with Gasteiger partial charge in [0.05, 0.1) is 18.8 Å². The summed E-state index contributed by atoms with van der Waals surface area (Å²) in [4.78, 5) is 0. The highest BCUT2D eigenvalue weighted by Gasteiger charge is 2.07. The lowest BCUT2D eigenvalue weighted by molar-refractivity contribution is 0.234. The number of benzene rings is 3. The van der Waals surface area contributed by atoms with Crippen LogP contribution in [0.4, 0.5) is 5.69 Å². The standard InChI is InChI=1S/C24H26ClNO2/c1-19(28-22-15-13-21(25)14-16-22)18-26-23-11-5-6-12-24(23)27-17-7-10-20-8-3-2-4-9-20/h2-6,8-9,11-16,19,26H,7,10,17-18H2,1H3. The Morgan fingerprint density at radius 2 is 1.61 bits per heavy atom. The minimum atomic E-state index is 0.00677. The molecule has 0 fully saturated rings. The Bertz CT molecular complexity index is 837. The molecule has 1 unspecified atom stereocenters. The average Bonchev–Trinajstić information content (AvgIpc) is 2.73. The number of anilines is 1. The zero-order valence-electron chi connectivity index (χ0n) is 16.1. The zero-order chi connectivity index (χ0) is 19.6. The van der Waals surface area contributed by atoms with Crippen LogP contribution >= 0.6 is 11.6 Å². The van der Waals surface area contributed by atoms with Gasteiger partial charge in [0.1, 0.15) is 17.6 Å². The van der Waals surface area contributed by atoms with Gasteiger partial charge < -0.3 is 14.8 Å². The Morgan fingerprint density at radius 1 is 0.893 bits per heavy atom. The third-order valence-corrected chi connectivity index (χ3v) is 4.58. The first-order valence-electron chi connectivity index (χ1n) is 9.62. The van der Waals surface area contributed by atoms with Crippen molar-refractivity contribution in [1.82, 2.24) is 0 Å². The van der Waals surface area contributed by atoms with E-state index in [4.69, 9.17) is 21.1 Å². The van der Waals surface area contributed by atoms with E-state index in [2.05, 4.69) is 29.6 Å². The van der Waals surface area contributed by atoms with Crippen molar-refractivity contribution in [1.29, 1.82) is 0 Å². The molecular weight excluding hydrogens is 370 g/mol. The molecule has 3 rings (SSSR count). The maximum atomic E-state index is 6.00. The lowest BCUT2D eigenvalue weighted by Gasteiger charge is -2.18. The van der Waals surface area contributed by atoms with Crippen molar-refractivity contribution in [3.63, 3.8) is 0 Å². The number of para-hydroxylation sites is 2. The summed E-state index contributed by atoms with van der Waals surface area (Å²) in [5.41, 5.74) is 2.32. The van der Waals surface area contributed by atoms with Crippen molar-refractivity contribution in [2.24, 2.45) is 0 Å². The molecular formula is C24H26ClNO2. The lowest BCUT2D eigenvalue weighted by Crippen LogP contribution is -2.23. The van der Waals surface area contributed by atoms with Gasteiger partial charge in [0.25, 0.3) is 0 Å². The van der Waals surface area contributed by atoms with Gasteiger partial charge in [0.15, 0.2) is 0 Å². The van der Waals surface area contributed by atoms with Crippen LogP contribution < -0.4 is 14.8 Å². The van der Waals surface area contributed by atoms with E-state index in [1.165, 1.54) is 5.56 Å². The third-order valence-electron chi connectivity index (χ3n) is 4.33. The molecule has 3 aromatic rings. The van der Waals surface area contributed by atoms with Gasteiger partial charge >= 0.3 is 0 Å². The summed E-state index contributed by atoms with van der Waals surface area (Å²) < 4.78 is 11.9. The van der Waals surface area contributed by atoms with E-state index in [9.17, 15) is 0 Å². The fraction of sp³-hybridized carbons (Fsp3) is 0.250. The number of aryl methyl sites for hydroxylation is 1. The summed E-state index contributed by atoms with van der Waals surface area (Å²) in [5, 5.41) is 4.13. The van der Waals surface area contributed by atoms with Crippen LogP contribution in [0.5, 0.6) is 11.5 Å². The van der Waals surface area contributed by atoms with Gasteiger partial charge in [-0.15, -0.1) is 0 Å². The van der Waals surface area contributed by atoms with Gasteiger partial charge in [0.2, 0.25) is 0 Å². The van der Waals surface area contributed by atoms with E-state index in [1.807, 2.05) is 61.5 Å². The Labute approximate surface area is 172 Å². The highest BCUT2D eigenvalue weighted by molar-refractivity contribution is 6.30. The quantitative estimate of drug-likeness (QED) is 0.412. The van der Waals surface area contributed by atoms with E-state index in [0.717, 1.165) is 30.0 Å². The summed E-state index contributed by atoms with van der Waals surface area (Å²) in [6.07, 6.45) is 2.00. The molecule has 0 aliphatic rings. The molecule has 0 radical (unpaired) electrons. The van der Waals surface area contributed by atoms with E-state index in [-0.39, 0.29) is 6.10 Å². The minimum absolute atomic E-state index is 0.00677. The van der Waals surface area contributed by atoms with Crippen LogP contribution in [0, 0.1) is 0 Å². The summed E-state index contributed by atoms with van der Waals surface area (Å²) in [5.74, 6) is 1.68. The third kappa shape index (κ3) is 6.50. The molecule has 0 aliphatic carbocycles. The smallest absolute Gasteiger partial charge is 0.142 e. The molecule has 3 nitrogen and oxygen atoms in total. The van der Waals surface area contributed by atoms with Crippen LogP contribution in [-0.4, -0.2) is 19.3 Å². The van der Waals surface area contributed by atoms with Gasteiger partial charge in [0, 0.05) is 5.02 Å². The number of halogens is 1. The van der Waals surface area contributed by atoms with Crippen molar-refractivity contribution in [2.45, 2.75) is 25.9 Å². The fourth-order valence-corrected chi connectivity index (χ4v) is 3.01. The first kappa shape index (κ1) is 20.1. The molecule has 0 bridgehead atoms. The summed E-state index contributed by atoms with van der Waals surface area (Å²) in [6, 6.07) is 25.9. The molecule has 0 saturated carbocycles. The predicted molar refractivity (Wildman–Crippen MR) is 117 cm³/mol. The molecule has 4 heteroatoms. The Balaban J connectivity index is 1.45. The molecule has 0 saturated heterocycles. The van der Waals surface area contributed by atoms with Crippen molar-refractivity contribution < 1.29 is 9.47 Å². The maximum absolute atomic E-state index is 6.00. The Morgan fingerprint density at radius 3 is 2.39 bits per heavy atom. The second-order valence-electron chi connectivity index (χ2n) is 6.70. The minimum Gasteiger partial charge on any atom is -0.491 e. The van der Waals surface area contributed by atoms with Crippen LogP contribution in [0.15, 0.2) is 78.9 Å². The maximum Gasteiger partial charge on any atom is 0.142 e. The number of hydrogen-bond donors (Lipinski definition) is 1. The largest absolute Gasteiger partial charge is 0.491 e. The molecule has 3 aromatic carbocycles. The summed E-state index contributed by atoms with van der Waals surface area (Å²) in [6.45, 7) is 3.39. The van der Waals surface area contributed by atoms with Crippen LogP contribution in [0.25, 0.3) is 0 Å². The average molecular weight is 396 g/mol. The molecule has 1 atom stereocenters. The van der Waals surface area contributed by atoms with Gasteiger partial charge in [-0.05, 0) is 61.7 Å². The molecule has 0 aliphatic heterocycles. The SMILES string of the molecule is CC(CNc1ccccc1OCCCc1ccccc1)Oc1ccc(Cl)cc1. The van der Waals surface area contributed by atoms with Crippen molar-refractivity contribution in [2.75, 3.05) is 18.5 Å². The first-order chi connectivity index (χ1) is 13.7. The molecule has 0 spiro atoms. The van der Waals surface area contributed by atoms with Crippen molar-refractivity contribution in [3.8, 4) is 11.5 Å².